The molecule has 0 aromatic heterocycles. The smallest absolute Gasteiger partial charge is 0.279 e. The summed E-state index contributed by atoms with van der Waals surface area (Å²) in [4.78, 5) is 0. The van der Waals surface area contributed by atoms with Gasteiger partial charge in [0.2, 0.25) is 0 Å². The highest BCUT2D eigenvalue weighted by atomic mass is 32.2. The van der Waals surface area contributed by atoms with E-state index in [9.17, 15) is 13.5 Å². The molecule has 0 aliphatic carbocycles. The topological polar surface area (TPSA) is 69.6 Å². The Morgan fingerprint density at radius 1 is 1.32 bits per heavy atom. The second-order valence-electron chi connectivity index (χ2n) is 4.49. The summed E-state index contributed by atoms with van der Waals surface area (Å²) >= 11 is 0. The van der Waals surface area contributed by atoms with Crippen molar-refractivity contribution in [1.82, 2.24) is 9.03 Å². The van der Waals surface area contributed by atoms with Gasteiger partial charge in [0.1, 0.15) is 0 Å². The summed E-state index contributed by atoms with van der Waals surface area (Å²) in [6, 6.07) is 9.41. The van der Waals surface area contributed by atoms with Gasteiger partial charge in [-0.25, -0.2) is 4.72 Å². The highest BCUT2D eigenvalue weighted by molar-refractivity contribution is 7.87. The van der Waals surface area contributed by atoms with Crippen LogP contribution in [-0.4, -0.2) is 37.5 Å². The molecule has 19 heavy (non-hydrogen) atoms. The Morgan fingerprint density at radius 2 is 1.95 bits per heavy atom. The van der Waals surface area contributed by atoms with E-state index < -0.39 is 16.3 Å². The van der Waals surface area contributed by atoms with Crippen molar-refractivity contribution in [1.29, 1.82) is 0 Å². The van der Waals surface area contributed by atoms with Gasteiger partial charge in [0.05, 0.1) is 6.10 Å². The summed E-state index contributed by atoms with van der Waals surface area (Å²) in [5.74, 6) is 0. The monoisotopic (exact) mass is 286 g/mol. The van der Waals surface area contributed by atoms with Gasteiger partial charge in [-0.3, -0.25) is 0 Å². The average Bonchev–Trinajstić information content (AvgIpc) is 2.39. The lowest BCUT2D eigenvalue weighted by atomic mass is 10.2. The SMILES string of the molecule is CCC(O)CCNS(=O)(=O)N(C)Cc1ccccc1. The van der Waals surface area contributed by atoms with Crippen molar-refractivity contribution in [3.63, 3.8) is 0 Å². The fourth-order valence-electron chi connectivity index (χ4n) is 1.59. The van der Waals surface area contributed by atoms with Crippen LogP contribution in [0.15, 0.2) is 30.3 Å². The highest BCUT2D eigenvalue weighted by Crippen LogP contribution is 2.06. The van der Waals surface area contributed by atoms with Gasteiger partial charge < -0.3 is 5.11 Å². The van der Waals surface area contributed by atoms with Gasteiger partial charge in [-0.05, 0) is 18.4 Å². The predicted octanol–water partition coefficient (Wildman–Crippen LogP) is 1.11. The van der Waals surface area contributed by atoms with Crippen LogP contribution in [0.2, 0.25) is 0 Å². The van der Waals surface area contributed by atoms with Crippen LogP contribution < -0.4 is 4.72 Å². The molecule has 0 radical (unpaired) electrons. The maximum atomic E-state index is 11.9. The van der Waals surface area contributed by atoms with E-state index >= 15 is 0 Å². The Morgan fingerprint density at radius 3 is 2.53 bits per heavy atom. The highest BCUT2D eigenvalue weighted by Gasteiger charge is 2.17. The quantitative estimate of drug-likeness (QED) is 0.752. The summed E-state index contributed by atoms with van der Waals surface area (Å²) in [6.45, 7) is 2.43. The van der Waals surface area contributed by atoms with Crippen LogP contribution in [-0.2, 0) is 16.8 Å². The largest absolute Gasteiger partial charge is 0.393 e. The normalized spacial score (nSPS) is 13.7. The maximum Gasteiger partial charge on any atom is 0.279 e. The van der Waals surface area contributed by atoms with Crippen molar-refractivity contribution < 1.29 is 13.5 Å². The van der Waals surface area contributed by atoms with Crippen molar-refractivity contribution in [3.05, 3.63) is 35.9 Å². The molecule has 5 nitrogen and oxygen atoms in total. The van der Waals surface area contributed by atoms with Gasteiger partial charge in [-0.15, -0.1) is 0 Å². The number of hydrogen-bond acceptors (Lipinski definition) is 3. The number of aliphatic hydroxyl groups excluding tert-OH is 1. The minimum absolute atomic E-state index is 0.246. The Balaban J connectivity index is 2.48. The van der Waals surface area contributed by atoms with Crippen LogP contribution in [0, 0.1) is 0 Å². The first kappa shape index (κ1) is 16.1. The molecule has 1 unspecified atom stereocenters. The third-order valence-corrected chi connectivity index (χ3v) is 4.41. The van der Waals surface area contributed by atoms with Crippen molar-refractivity contribution in [2.45, 2.75) is 32.4 Å². The van der Waals surface area contributed by atoms with Crippen molar-refractivity contribution >= 4 is 10.2 Å². The second kappa shape index (κ2) is 7.59. The molecule has 0 bridgehead atoms. The number of rotatable bonds is 8. The first-order valence-electron chi connectivity index (χ1n) is 6.38. The summed E-state index contributed by atoms with van der Waals surface area (Å²) in [5, 5.41) is 9.38. The van der Waals surface area contributed by atoms with E-state index in [0.29, 0.717) is 19.4 Å². The van der Waals surface area contributed by atoms with Crippen molar-refractivity contribution in [2.75, 3.05) is 13.6 Å². The Labute approximate surface area is 115 Å². The van der Waals surface area contributed by atoms with Gasteiger partial charge in [-0.1, -0.05) is 37.3 Å². The van der Waals surface area contributed by atoms with Gasteiger partial charge in [0.15, 0.2) is 0 Å². The second-order valence-corrected chi connectivity index (χ2v) is 6.35. The molecule has 2 N–H and O–H groups in total. The molecule has 0 spiro atoms. The summed E-state index contributed by atoms with van der Waals surface area (Å²) in [7, 11) is -1.96. The number of aliphatic hydroxyl groups is 1. The van der Waals surface area contributed by atoms with Crippen molar-refractivity contribution in [2.24, 2.45) is 0 Å². The van der Waals surface area contributed by atoms with E-state index in [1.807, 2.05) is 37.3 Å². The lowest BCUT2D eigenvalue weighted by molar-refractivity contribution is 0.161. The maximum absolute atomic E-state index is 11.9. The molecular formula is C13H22N2O3S. The van der Waals surface area contributed by atoms with Crippen molar-refractivity contribution in [3.8, 4) is 0 Å². The minimum Gasteiger partial charge on any atom is -0.393 e. The molecule has 0 saturated carbocycles. The number of hydrogen-bond donors (Lipinski definition) is 2. The van der Waals surface area contributed by atoms with Crippen LogP contribution in [0.3, 0.4) is 0 Å². The molecule has 1 rings (SSSR count). The van der Waals surface area contributed by atoms with Crippen LogP contribution >= 0.6 is 0 Å². The zero-order valence-electron chi connectivity index (χ0n) is 11.4. The molecule has 0 fully saturated rings. The van der Waals surface area contributed by atoms with Crippen LogP contribution in [0.25, 0.3) is 0 Å². The van der Waals surface area contributed by atoms with Gasteiger partial charge in [-0.2, -0.15) is 12.7 Å². The Bertz CT molecular complexity index is 462. The molecule has 6 heteroatoms. The van der Waals surface area contributed by atoms with Gasteiger partial charge in [0, 0.05) is 20.1 Å². The molecule has 108 valence electrons. The summed E-state index contributed by atoms with van der Waals surface area (Å²) < 4.78 is 27.6. The van der Waals surface area contributed by atoms with E-state index in [1.54, 1.807) is 0 Å². The van der Waals surface area contributed by atoms with E-state index in [2.05, 4.69) is 4.72 Å². The zero-order valence-corrected chi connectivity index (χ0v) is 12.2. The molecule has 0 aliphatic heterocycles. The molecule has 1 aromatic rings. The molecule has 1 atom stereocenters. The zero-order chi connectivity index (χ0) is 14.3. The number of nitrogens with zero attached hydrogens (tertiary/aromatic N) is 1. The molecule has 0 amide bonds. The average molecular weight is 286 g/mol. The molecule has 0 heterocycles. The van der Waals surface area contributed by atoms with E-state index in [4.69, 9.17) is 0 Å². The predicted molar refractivity (Wildman–Crippen MR) is 75.7 cm³/mol. The lowest BCUT2D eigenvalue weighted by Crippen LogP contribution is -2.38. The fourth-order valence-corrected chi connectivity index (χ4v) is 2.51. The molecular weight excluding hydrogens is 264 g/mol. The van der Waals surface area contributed by atoms with E-state index in [1.165, 1.54) is 11.4 Å². The summed E-state index contributed by atoms with van der Waals surface area (Å²) in [5.41, 5.74) is 0.934. The Kier molecular flexibility index (Phi) is 6.44. The van der Waals surface area contributed by atoms with Gasteiger partial charge >= 0.3 is 0 Å². The first-order valence-corrected chi connectivity index (χ1v) is 7.82. The standard InChI is InChI=1S/C13H22N2O3S/c1-3-13(16)9-10-14-19(17,18)15(2)11-12-7-5-4-6-8-12/h4-8,13-14,16H,3,9-11H2,1-2H3. The van der Waals surface area contributed by atoms with E-state index in [-0.39, 0.29) is 6.54 Å². The molecule has 0 aliphatic rings. The fraction of sp³-hybridized carbons (Fsp3) is 0.538. The van der Waals surface area contributed by atoms with Gasteiger partial charge in [0.25, 0.3) is 10.2 Å². The summed E-state index contributed by atoms with van der Waals surface area (Å²) in [6.07, 6.45) is 0.596. The molecule has 0 saturated heterocycles. The van der Waals surface area contributed by atoms with Crippen LogP contribution in [0.1, 0.15) is 25.3 Å². The van der Waals surface area contributed by atoms with Crippen LogP contribution in [0.4, 0.5) is 0 Å². The minimum atomic E-state index is -3.49. The number of nitrogens with one attached hydrogen (secondary N) is 1. The third-order valence-electron chi connectivity index (χ3n) is 2.89. The van der Waals surface area contributed by atoms with Crippen LogP contribution in [0.5, 0.6) is 0 Å². The lowest BCUT2D eigenvalue weighted by Gasteiger charge is -2.18. The first-order chi connectivity index (χ1) is 8.95. The third kappa shape index (κ3) is 5.69. The Hall–Kier alpha value is -0.950. The molecule has 1 aromatic carbocycles. The van der Waals surface area contributed by atoms with E-state index in [0.717, 1.165) is 5.56 Å². The number of benzene rings is 1.